The monoisotopic (exact) mass is 462 g/mol. The number of alkyl halides is 3. The lowest BCUT2D eigenvalue weighted by atomic mass is 10.2. The van der Waals surface area contributed by atoms with Crippen LogP contribution in [0.1, 0.15) is 57.5 Å². The van der Waals surface area contributed by atoms with Crippen molar-refractivity contribution in [3.8, 4) is 0 Å². The van der Waals surface area contributed by atoms with Crippen LogP contribution in [0, 0.1) is 6.92 Å². The summed E-state index contributed by atoms with van der Waals surface area (Å²) >= 11 is 0.956. The maximum absolute atomic E-state index is 12.9. The number of aryl methyl sites for hydroxylation is 2. The first-order chi connectivity index (χ1) is 14.1. The second-order valence-corrected chi connectivity index (χ2v) is 9.24. The predicted octanol–water partition coefficient (Wildman–Crippen LogP) is 3.93. The van der Waals surface area contributed by atoms with Gasteiger partial charge < -0.3 is 4.74 Å². The maximum atomic E-state index is 12.9. The van der Waals surface area contributed by atoms with Gasteiger partial charge in [-0.2, -0.15) is 18.3 Å². The predicted molar refractivity (Wildman–Crippen MR) is 113 cm³/mol. The van der Waals surface area contributed by atoms with Gasteiger partial charge in [-0.15, -0.1) is 11.3 Å². The van der Waals surface area contributed by atoms with Crippen molar-refractivity contribution >= 4 is 33.9 Å². The summed E-state index contributed by atoms with van der Waals surface area (Å²) in [6, 6.07) is -0.535. The Morgan fingerprint density at radius 3 is 2.39 bits per heavy atom. The fourth-order valence-electron chi connectivity index (χ4n) is 2.84. The molecule has 0 aliphatic heterocycles. The summed E-state index contributed by atoms with van der Waals surface area (Å²) in [5, 5.41) is 3.94. The number of hydrazone groups is 1. The molecule has 172 valence electrons. The number of rotatable bonds is 5. The molecular weight excluding hydrogens is 437 g/mol. The lowest BCUT2D eigenvalue weighted by Gasteiger charge is -2.18. The van der Waals surface area contributed by atoms with Crippen molar-refractivity contribution < 1.29 is 22.7 Å². The average molecular weight is 462 g/mol. The number of hydrogen-bond donors (Lipinski definition) is 1. The van der Waals surface area contributed by atoms with Gasteiger partial charge in [0.05, 0.1) is 22.9 Å². The van der Waals surface area contributed by atoms with E-state index >= 15 is 0 Å². The minimum atomic E-state index is -4.46. The van der Waals surface area contributed by atoms with Crippen molar-refractivity contribution in [1.29, 1.82) is 0 Å². The zero-order valence-corrected chi connectivity index (χ0v) is 18.9. The third kappa shape index (κ3) is 5.96. The van der Waals surface area contributed by atoms with E-state index in [0.717, 1.165) is 20.5 Å². The highest BCUT2D eigenvalue weighted by atomic mass is 32.1. The number of nitrogens with one attached hydrogen (secondary N) is 1. The molecule has 0 aromatic carbocycles. The maximum Gasteiger partial charge on any atom is 0.428 e. The third-order valence-corrected chi connectivity index (χ3v) is 5.40. The van der Waals surface area contributed by atoms with E-state index in [2.05, 4.69) is 10.5 Å². The number of thiophene rings is 1. The topological polar surface area (TPSA) is 94.7 Å². The second kappa shape index (κ2) is 8.85. The van der Waals surface area contributed by atoms with Crippen molar-refractivity contribution in [3.05, 3.63) is 31.3 Å². The molecule has 31 heavy (non-hydrogen) atoms. The Morgan fingerprint density at radius 1 is 1.26 bits per heavy atom. The van der Waals surface area contributed by atoms with E-state index in [4.69, 9.17) is 4.74 Å². The summed E-state index contributed by atoms with van der Waals surface area (Å²) in [6.45, 7) is 9.27. The van der Waals surface area contributed by atoms with Crippen LogP contribution in [0.3, 0.4) is 0 Å². The Hall–Kier alpha value is -2.63. The summed E-state index contributed by atoms with van der Waals surface area (Å²) < 4.78 is 45.4. The number of amides is 1. The van der Waals surface area contributed by atoms with Gasteiger partial charge in [0.15, 0.2) is 0 Å². The van der Waals surface area contributed by atoms with Crippen molar-refractivity contribution in [1.82, 2.24) is 14.6 Å². The van der Waals surface area contributed by atoms with Gasteiger partial charge in [-0.3, -0.25) is 13.9 Å². The van der Waals surface area contributed by atoms with Crippen LogP contribution >= 0.6 is 11.3 Å². The van der Waals surface area contributed by atoms with Crippen LogP contribution in [0.25, 0.3) is 10.2 Å². The standard InChI is InChI=1S/C19H25F3N4O4S/c1-10(2)26-14(27)13-11(3)12(9-23-24-16(28)30-18(4,5)6)31-15(13)25(17(26)29)8-7-19(20,21)22/h9-10H,7-8H2,1-6H3,(H,24,28)/b23-9+. The molecule has 2 rings (SSSR count). The van der Waals surface area contributed by atoms with Gasteiger partial charge in [-0.25, -0.2) is 15.0 Å². The van der Waals surface area contributed by atoms with Gasteiger partial charge in [0.2, 0.25) is 0 Å². The number of nitrogens with zero attached hydrogens (tertiary/aromatic N) is 3. The zero-order valence-electron chi connectivity index (χ0n) is 18.1. The molecule has 0 fully saturated rings. The number of fused-ring (bicyclic) bond motifs is 1. The number of carbonyl (C=O) groups excluding carboxylic acids is 1. The Bertz CT molecular complexity index is 1120. The molecule has 2 heterocycles. The van der Waals surface area contributed by atoms with Gasteiger partial charge in [0.1, 0.15) is 10.4 Å². The lowest BCUT2D eigenvalue weighted by molar-refractivity contribution is -0.136. The molecule has 0 spiro atoms. The number of halogens is 3. The zero-order chi connectivity index (χ0) is 23.7. The molecule has 1 amide bonds. The molecule has 0 bridgehead atoms. The number of ether oxygens (including phenoxy) is 1. The van der Waals surface area contributed by atoms with Crippen molar-refractivity contribution in [2.75, 3.05) is 0 Å². The molecule has 0 saturated heterocycles. The minimum Gasteiger partial charge on any atom is -0.443 e. The van der Waals surface area contributed by atoms with Crippen LogP contribution in [-0.4, -0.2) is 33.2 Å². The second-order valence-electron chi connectivity index (χ2n) is 8.21. The summed E-state index contributed by atoms with van der Waals surface area (Å²) in [5.74, 6) is 0. The van der Waals surface area contributed by atoms with Crippen molar-refractivity contribution in [3.63, 3.8) is 0 Å². The Labute approximate surface area is 180 Å². The first kappa shape index (κ1) is 24.6. The largest absolute Gasteiger partial charge is 0.443 e. The Kier molecular flexibility index (Phi) is 7.03. The van der Waals surface area contributed by atoms with Gasteiger partial charge in [0.25, 0.3) is 5.56 Å². The van der Waals surface area contributed by atoms with Crippen LogP contribution in [-0.2, 0) is 11.3 Å². The van der Waals surface area contributed by atoms with Crippen LogP contribution in [0.5, 0.6) is 0 Å². The molecular formula is C19H25F3N4O4S. The molecule has 0 aliphatic rings. The summed E-state index contributed by atoms with van der Waals surface area (Å²) in [5.41, 5.74) is 0.549. The average Bonchev–Trinajstić information content (AvgIpc) is 2.88. The van der Waals surface area contributed by atoms with E-state index in [1.54, 1.807) is 41.5 Å². The first-order valence-corrected chi connectivity index (χ1v) is 10.3. The highest BCUT2D eigenvalue weighted by molar-refractivity contribution is 7.20. The number of aromatic nitrogens is 2. The van der Waals surface area contributed by atoms with E-state index in [0.29, 0.717) is 10.4 Å². The van der Waals surface area contributed by atoms with Crippen molar-refractivity contribution in [2.45, 2.75) is 72.3 Å². The molecule has 0 aliphatic carbocycles. The fraction of sp³-hybridized carbons (Fsp3) is 0.579. The molecule has 0 radical (unpaired) electrons. The number of hydrogen-bond acceptors (Lipinski definition) is 6. The molecule has 0 atom stereocenters. The molecule has 0 saturated carbocycles. The molecule has 0 unspecified atom stereocenters. The van der Waals surface area contributed by atoms with Crippen molar-refractivity contribution in [2.24, 2.45) is 5.10 Å². The highest BCUT2D eigenvalue weighted by Gasteiger charge is 2.29. The van der Waals surface area contributed by atoms with E-state index in [-0.39, 0.29) is 10.2 Å². The van der Waals surface area contributed by atoms with Gasteiger partial charge in [0, 0.05) is 12.6 Å². The summed E-state index contributed by atoms with van der Waals surface area (Å²) in [7, 11) is 0. The van der Waals surface area contributed by atoms with Crippen LogP contribution in [0.4, 0.5) is 18.0 Å². The minimum absolute atomic E-state index is 0.132. The summed E-state index contributed by atoms with van der Waals surface area (Å²) in [4.78, 5) is 38.0. The lowest BCUT2D eigenvalue weighted by Crippen LogP contribution is -2.41. The van der Waals surface area contributed by atoms with Gasteiger partial charge >= 0.3 is 18.0 Å². The van der Waals surface area contributed by atoms with E-state index < -0.39 is 48.1 Å². The van der Waals surface area contributed by atoms with E-state index in [1.165, 1.54) is 6.21 Å². The summed E-state index contributed by atoms with van der Waals surface area (Å²) in [6.07, 6.45) is -5.19. The van der Waals surface area contributed by atoms with Crippen LogP contribution in [0.15, 0.2) is 14.7 Å². The van der Waals surface area contributed by atoms with E-state index in [1.807, 2.05) is 0 Å². The normalized spacial score (nSPS) is 12.8. The smallest absolute Gasteiger partial charge is 0.428 e. The quantitative estimate of drug-likeness (QED) is 0.538. The van der Waals surface area contributed by atoms with Crippen LogP contribution < -0.4 is 16.7 Å². The fourth-order valence-corrected chi connectivity index (χ4v) is 4.03. The van der Waals surface area contributed by atoms with Gasteiger partial charge in [-0.05, 0) is 47.1 Å². The highest BCUT2D eigenvalue weighted by Crippen LogP contribution is 2.28. The third-order valence-electron chi connectivity index (χ3n) is 4.15. The number of carbonyl (C=O) groups is 1. The Balaban J connectivity index is 2.55. The van der Waals surface area contributed by atoms with Gasteiger partial charge in [-0.1, -0.05) is 0 Å². The van der Waals surface area contributed by atoms with E-state index in [9.17, 15) is 27.6 Å². The Morgan fingerprint density at radius 2 is 1.87 bits per heavy atom. The molecule has 2 aromatic rings. The molecule has 2 aromatic heterocycles. The SMILES string of the molecule is Cc1c(/C=N/NC(=O)OC(C)(C)C)sc2c1c(=O)n(C(C)C)c(=O)n2CCC(F)(F)F. The first-order valence-electron chi connectivity index (χ1n) is 9.49. The molecule has 12 heteroatoms. The molecule has 1 N–H and O–H groups in total. The van der Waals surface area contributed by atoms with Crippen LogP contribution in [0.2, 0.25) is 0 Å². The molecule has 8 nitrogen and oxygen atoms in total.